The Kier molecular flexibility index (Phi) is 12.1. The molecular weight excluding hydrogens is 268 g/mol. The molecule has 1 heterocycles. The lowest BCUT2D eigenvalue weighted by atomic mass is 9.90. The maximum Gasteiger partial charge on any atom is 0.0921 e. The van der Waals surface area contributed by atoms with E-state index in [0.29, 0.717) is 0 Å². The lowest BCUT2D eigenvalue weighted by Gasteiger charge is -2.16. The van der Waals surface area contributed by atoms with Crippen molar-refractivity contribution >= 4 is 0 Å². The molecule has 0 unspecified atom stereocenters. The van der Waals surface area contributed by atoms with Crippen LogP contribution in [-0.2, 0) is 6.42 Å². The molecule has 0 aromatic carbocycles. The zero-order valence-corrected chi connectivity index (χ0v) is 15.1. The number of hydrogen-bond donors (Lipinski definition) is 1. The van der Waals surface area contributed by atoms with Gasteiger partial charge in [-0.05, 0) is 12.3 Å². The number of imidazole rings is 1. The highest BCUT2D eigenvalue weighted by atomic mass is 14.9. The van der Waals surface area contributed by atoms with Gasteiger partial charge in [0.2, 0.25) is 0 Å². The van der Waals surface area contributed by atoms with Crippen LogP contribution in [-0.4, -0.2) is 9.97 Å². The van der Waals surface area contributed by atoms with E-state index in [0.717, 1.165) is 5.92 Å². The zero-order chi connectivity index (χ0) is 15.9. The third kappa shape index (κ3) is 10.0. The fourth-order valence-corrected chi connectivity index (χ4v) is 3.31. The Labute approximate surface area is 138 Å². The minimum absolute atomic E-state index is 0.855. The summed E-state index contributed by atoms with van der Waals surface area (Å²) in [6, 6.07) is 0. The summed E-state index contributed by atoms with van der Waals surface area (Å²) in [5.41, 5.74) is 1.32. The minimum Gasteiger partial charge on any atom is -0.348 e. The van der Waals surface area contributed by atoms with E-state index in [-0.39, 0.29) is 0 Å². The third-order valence-electron chi connectivity index (χ3n) is 4.75. The molecule has 0 radical (unpaired) electrons. The zero-order valence-electron chi connectivity index (χ0n) is 15.1. The fourth-order valence-electron chi connectivity index (χ4n) is 3.31. The van der Waals surface area contributed by atoms with E-state index in [9.17, 15) is 0 Å². The number of aromatic amines is 1. The number of hydrogen-bond acceptors (Lipinski definition) is 1. The molecule has 2 heteroatoms. The largest absolute Gasteiger partial charge is 0.348 e. The molecule has 0 fully saturated rings. The third-order valence-corrected chi connectivity index (χ3v) is 4.75. The highest BCUT2D eigenvalue weighted by Gasteiger charge is 2.10. The fraction of sp³-hybridized carbons (Fsp3) is 0.850. The first-order valence-electron chi connectivity index (χ1n) is 9.84. The van der Waals surface area contributed by atoms with Crippen LogP contribution >= 0.6 is 0 Å². The molecule has 0 aliphatic rings. The first-order valence-corrected chi connectivity index (χ1v) is 9.84. The van der Waals surface area contributed by atoms with Gasteiger partial charge in [0.25, 0.3) is 0 Å². The van der Waals surface area contributed by atoms with Crippen molar-refractivity contribution in [3.05, 3.63) is 18.2 Å². The van der Waals surface area contributed by atoms with E-state index < -0.39 is 0 Å². The van der Waals surface area contributed by atoms with E-state index in [1.54, 1.807) is 0 Å². The Morgan fingerprint density at radius 1 is 0.818 bits per heavy atom. The normalized spacial score (nSPS) is 12.6. The van der Waals surface area contributed by atoms with Crippen LogP contribution in [0.1, 0.15) is 103 Å². The summed E-state index contributed by atoms with van der Waals surface area (Å²) in [6.07, 6.45) is 23.3. The van der Waals surface area contributed by atoms with Gasteiger partial charge in [-0.1, -0.05) is 97.3 Å². The Balaban J connectivity index is 2.19. The number of rotatable bonds is 15. The van der Waals surface area contributed by atoms with E-state index in [1.807, 2.05) is 12.5 Å². The van der Waals surface area contributed by atoms with Gasteiger partial charge in [-0.2, -0.15) is 0 Å². The number of nitrogens with one attached hydrogen (secondary N) is 1. The highest BCUT2D eigenvalue weighted by Crippen LogP contribution is 2.22. The van der Waals surface area contributed by atoms with E-state index in [2.05, 4.69) is 23.8 Å². The molecule has 0 aliphatic heterocycles. The molecule has 1 aromatic rings. The summed E-state index contributed by atoms with van der Waals surface area (Å²) < 4.78 is 0. The maximum atomic E-state index is 4.17. The molecule has 22 heavy (non-hydrogen) atoms. The topological polar surface area (TPSA) is 28.7 Å². The maximum absolute atomic E-state index is 4.17. The highest BCUT2D eigenvalue weighted by molar-refractivity contribution is 4.95. The summed E-state index contributed by atoms with van der Waals surface area (Å²) in [7, 11) is 0. The van der Waals surface area contributed by atoms with E-state index >= 15 is 0 Å². The van der Waals surface area contributed by atoms with Gasteiger partial charge in [0, 0.05) is 11.9 Å². The van der Waals surface area contributed by atoms with Gasteiger partial charge in [0.1, 0.15) is 0 Å². The molecule has 0 amide bonds. The quantitative estimate of drug-likeness (QED) is 0.360. The number of H-pyrrole nitrogens is 1. The van der Waals surface area contributed by atoms with Crippen LogP contribution in [0.5, 0.6) is 0 Å². The molecule has 0 saturated heterocycles. The SMILES string of the molecule is CCCCCCCC[C@@H](CCCCCCC)Cc1cnc[nH]1. The van der Waals surface area contributed by atoms with Crippen LogP contribution in [0.4, 0.5) is 0 Å². The molecule has 1 atom stereocenters. The summed E-state index contributed by atoms with van der Waals surface area (Å²) >= 11 is 0. The summed E-state index contributed by atoms with van der Waals surface area (Å²) in [6.45, 7) is 4.58. The van der Waals surface area contributed by atoms with Gasteiger partial charge >= 0.3 is 0 Å². The molecule has 1 rings (SSSR count). The van der Waals surface area contributed by atoms with Gasteiger partial charge in [0.05, 0.1) is 6.33 Å². The lowest BCUT2D eigenvalue weighted by Crippen LogP contribution is -2.05. The molecule has 0 aliphatic carbocycles. The number of aromatic nitrogens is 2. The monoisotopic (exact) mass is 306 g/mol. The second kappa shape index (κ2) is 13.8. The summed E-state index contributed by atoms with van der Waals surface area (Å²) in [5, 5.41) is 0. The van der Waals surface area contributed by atoms with Crippen molar-refractivity contribution in [3.63, 3.8) is 0 Å². The first-order chi connectivity index (χ1) is 10.9. The van der Waals surface area contributed by atoms with Crippen LogP contribution in [0, 0.1) is 5.92 Å². The summed E-state index contributed by atoms with van der Waals surface area (Å²) in [5.74, 6) is 0.855. The van der Waals surface area contributed by atoms with E-state index in [4.69, 9.17) is 0 Å². The van der Waals surface area contributed by atoms with Crippen LogP contribution in [0.15, 0.2) is 12.5 Å². The van der Waals surface area contributed by atoms with Crippen LogP contribution < -0.4 is 0 Å². The molecule has 0 spiro atoms. The van der Waals surface area contributed by atoms with Crippen molar-refractivity contribution in [2.24, 2.45) is 5.92 Å². The van der Waals surface area contributed by atoms with Crippen molar-refractivity contribution < 1.29 is 0 Å². The molecule has 1 N–H and O–H groups in total. The van der Waals surface area contributed by atoms with Gasteiger partial charge in [-0.25, -0.2) is 4.98 Å². The Morgan fingerprint density at radius 2 is 1.36 bits per heavy atom. The average molecular weight is 307 g/mol. The van der Waals surface area contributed by atoms with Crippen molar-refractivity contribution in [3.8, 4) is 0 Å². The van der Waals surface area contributed by atoms with Crippen molar-refractivity contribution in [1.82, 2.24) is 9.97 Å². The predicted molar refractivity (Wildman–Crippen MR) is 97.2 cm³/mol. The van der Waals surface area contributed by atoms with Gasteiger partial charge in [-0.15, -0.1) is 0 Å². The predicted octanol–water partition coefficient (Wildman–Crippen LogP) is 6.68. The second-order valence-corrected chi connectivity index (χ2v) is 6.91. The molecule has 128 valence electrons. The van der Waals surface area contributed by atoms with Crippen LogP contribution in [0.2, 0.25) is 0 Å². The smallest absolute Gasteiger partial charge is 0.0921 e. The van der Waals surface area contributed by atoms with Gasteiger partial charge < -0.3 is 4.98 Å². The standard InChI is InChI=1S/C20H38N2/c1-3-5-7-9-11-13-15-19(14-12-10-8-6-4-2)16-20-17-21-18-22-20/h17-19H,3-16H2,1-2H3,(H,21,22)/t19-/m1/s1. The van der Waals surface area contributed by atoms with E-state index in [1.165, 1.54) is 95.6 Å². The molecule has 1 aromatic heterocycles. The first kappa shape index (κ1) is 19.3. The number of unbranched alkanes of at least 4 members (excludes halogenated alkanes) is 9. The number of nitrogens with zero attached hydrogens (tertiary/aromatic N) is 1. The van der Waals surface area contributed by atoms with Crippen molar-refractivity contribution in [1.29, 1.82) is 0 Å². The molecule has 0 bridgehead atoms. The van der Waals surface area contributed by atoms with Gasteiger partial charge in [-0.3, -0.25) is 0 Å². The molecular formula is C20H38N2. The molecule has 0 saturated carbocycles. The van der Waals surface area contributed by atoms with Crippen LogP contribution in [0.25, 0.3) is 0 Å². The second-order valence-electron chi connectivity index (χ2n) is 6.91. The Hall–Kier alpha value is -0.790. The van der Waals surface area contributed by atoms with Crippen molar-refractivity contribution in [2.45, 2.75) is 104 Å². The summed E-state index contributed by atoms with van der Waals surface area (Å²) in [4.78, 5) is 7.46. The average Bonchev–Trinajstić information content (AvgIpc) is 3.03. The molecule has 2 nitrogen and oxygen atoms in total. The lowest BCUT2D eigenvalue weighted by molar-refractivity contribution is 0.399. The van der Waals surface area contributed by atoms with Crippen LogP contribution in [0.3, 0.4) is 0 Å². The van der Waals surface area contributed by atoms with Crippen molar-refractivity contribution in [2.75, 3.05) is 0 Å². The van der Waals surface area contributed by atoms with Gasteiger partial charge in [0.15, 0.2) is 0 Å². The Bertz CT molecular complexity index is 318. The Morgan fingerprint density at radius 3 is 1.86 bits per heavy atom. The minimum atomic E-state index is 0.855.